The first kappa shape index (κ1) is 24.0. The maximum Gasteiger partial charge on any atom is 0.126 e. The number of hydrogen-bond donors (Lipinski definition) is 3. The highest BCUT2D eigenvalue weighted by molar-refractivity contribution is 5.57. The van der Waals surface area contributed by atoms with Crippen LogP contribution in [-0.4, -0.2) is 29.5 Å². The molecule has 5 nitrogen and oxygen atoms in total. The van der Waals surface area contributed by atoms with E-state index in [2.05, 4.69) is 6.07 Å². The van der Waals surface area contributed by atoms with Crippen molar-refractivity contribution in [3.05, 3.63) is 112 Å². The molecule has 0 unspecified atom stereocenters. The molecule has 0 saturated heterocycles. The number of hydrogen-bond acceptors (Lipinski definition) is 5. The highest BCUT2D eigenvalue weighted by atomic mass is 16.5. The Morgan fingerprint density at radius 2 is 1.20 bits per heavy atom. The van der Waals surface area contributed by atoms with E-state index in [0.717, 1.165) is 40.0 Å². The van der Waals surface area contributed by atoms with Gasteiger partial charge >= 0.3 is 0 Å². The zero-order valence-corrected chi connectivity index (χ0v) is 20.0. The van der Waals surface area contributed by atoms with Crippen LogP contribution in [-0.2, 0) is 25.7 Å². The van der Waals surface area contributed by atoms with Crippen molar-refractivity contribution in [3.8, 4) is 28.7 Å². The van der Waals surface area contributed by atoms with Crippen LogP contribution in [0.3, 0.4) is 0 Å². The van der Waals surface area contributed by atoms with Gasteiger partial charge < -0.3 is 24.8 Å². The average molecular weight is 471 g/mol. The maximum atomic E-state index is 11.5. The van der Waals surface area contributed by atoms with Gasteiger partial charge in [-0.15, -0.1) is 0 Å². The third-order valence-electron chi connectivity index (χ3n) is 6.23. The Labute approximate surface area is 205 Å². The lowest BCUT2D eigenvalue weighted by Gasteiger charge is -2.19. The van der Waals surface area contributed by atoms with Gasteiger partial charge in [0.1, 0.15) is 28.7 Å². The highest BCUT2D eigenvalue weighted by Gasteiger charge is 2.19. The van der Waals surface area contributed by atoms with Crippen LogP contribution >= 0.6 is 0 Å². The molecule has 0 aliphatic heterocycles. The van der Waals surface area contributed by atoms with E-state index >= 15 is 0 Å². The molecule has 0 spiro atoms. The molecule has 0 amide bonds. The normalized spacial score (nSPS) is 10.8. The third kappa shape index (κ3) is 5.87. The average Bonchev–Trinajstić information content (AvgIpc) is 2.88. The van der Waals surface area contributed by atoms with Crippen molar-refractivity contribution in [2.45, 2.75) is 25.7 Å². The molecule has 0 atom stereocenters. The molecule has 0 fully saturated rings. The zero-order valence-electron chi connectivity index (χ0n) is 20.0. The molecular formula is C30H30O5. The van der Waals surface area contributed by atoms with Crippen LogP contribution in [0.25, 0.3) is 0 Å². The van der Waals surface area contributed by atoms with Crippen molar-refractivity contribution in [1.29, 1.82) is 0 Å². The molecular weight excluding hydrogens is 440 g/mol. The van der Waals surface area contributed by atoms with Gasteiger partial charge in [0.2, 0.25) is 0 Å². The summed E-state index contributed by atoms with van der Waals surface area (Å²) in [6, 6.07) is 24.0. The van der Waals surface area contributed by atoms with Crippen LogP contribution in [0.4, 0.5) is 0 Å². The molecule has 4 aromatic rings. The zero-order chi connectivity index (χ0) is 24.8. The van der Waals surface area contributed by atoms with Gasteiger partial charge in [-0.25, -0.2) is 0 Å². The minimum absolute atomic E-state index is 0.200. The fraction of sp³-hybridized carbons (Fsp3) is 0.200. The second-order valence-electron chi connectivity index (χ2n) is 8.58. The minimum atomic E-state index is 0.200. The van der Waals surface area contributed by atoms with E-state index in [-0.39, 0.29) is 17.2 Å². The molecule has 4 aromatic carbocycles. The Kier molecular flexibility index (Phi) is 7.46. The highest BCUT2D eigenvalue weighted by Crippen LogP contribution is 2.38. The molecule has 0 radical (unpaired) electrons. The van der Waals surface area contributed by atoms with Crippen LogP contribution < -0.4 is 9.47 Å². The first-order valence-electron chi connectivity index (χ1n) is 11.6. The van der Waals surface area contributed by atoms with Gasteiger partial charge in [-0.05, 0) is 77.6 Å². The predicted octanol–water partition coefficient (Wildman–Crippen LogP) is 5.79. The first-order valence-corrected chi connectivity index (χ1v) is 11.6. The van der Waals surface area contributed by atoms with Crippen molar-refractivity contribution in [2.24, 2.45) is 0 Å². The van der Waals surface area contributed by atoms with Crippen LogP contribution in [0.15, 0.2) is 78.9 Å². The number of aromatic hydroxyl groups is 3. The second-order valence-corrected chi connectivity index (χ2v) is 8.58. The number of phenols is 3. The van der Waals surface area contributed by atoms with Crippen molar-refractivity contribution in [2.75, 3.05) is 14.2 Å². The SMILES string of the molecule is COc1cccc(CCc2cc(OC)c(Cc3ccc(O)cc3)c(O)c2Cc2ccc(O)cc2)c1. The Hall–Kier alpha value is -4.12. The van der Waals surface area contributed by atoms with E-state index in [4.69, 9.17) is 9.47 Å². The smallest absolute Gasteiger partial charge is 0.126 e. The first-order chi connectivity index (χ1) is 17.0. The van der Waals surface area contributed by atoms with Gasteiger partial charge in [-0.1, -0.05) is 36.4 Å². The third-order valence-corrected chi connectivity index (χ3v) is 6.23. The number of benzene rings is 4. The fourth-order valence-corrected chi connectivity index (χ4v) is 4.30. The molecule has 0 bridgehead atoms. The summed E-state index contributed by atoms with van der Waals surface area (Å²) in [5, 5.41) is 30.8. The Morgan fingerprint density at radius 3 is 1.77 bits per heavy atom. The van der Waals surface area contributed by atoms with Gasteiger partial charge in [-0.2, -0.15) is 0 Å². The van der Waals surface area contributed by atoms with Gasteiger partial charge in [0.25, 0.3) is 0 Å². The summed E-state index contributed by atoms with van der Waals surface area (Å²) in [4.78, 5) is 0. The minimum Gasteiger partial charge on any atom is -0.508 e. The van der Waals surface area contributed by atoms with E-state index in [1.54, 1.807) is 38.5 Å². The van der Waals surface area contributed by atoms with Crippen molar-refractivity contribution in [1.82, 2.24) is 0 Å². The van der Waals surface area contributed by atoms with Crippen LogP contribution in [0.1, 0.15) is 33.4 Å². The van der Waals surface area contributed by atoms with E-state index in [9.17, 15) is 15.3 Å². The summed E-state index contributed by atoms with van der Waals surface area (Å²) in [7, 11) is 3.27. The van der Waals surface area contributed by atoms with Crippen molar-refractivity contribution >= 4 is 0 Å². The molecule has 0 heterocycles. The van der Waals surface area contributed by atoms with Gasteiger partial charge in [0.05, 0.1) is 14.2 Å². The van der Waals surface area contributed by atoms with E-state index in [1.807, 2.05) is 48.5 Å². The summed E-state index contributed by atoms with van der Waals surface area (Å²) in [5.74, 6) is 2.07. The number of aryl methyl sites for hydroxylation is 2. The van der Waals surface area contributed by atoms with Crippen molar-refractivity contribution in [3.63, 3.8) is 0 Å². The van der Waals surface area contributed by atoms with E-state index in [1.165, 1.54) is 0 Å². The number of phenolic OH excluding ortho intramolecular Hbond substituents is 3. The second kappa shape index (κ2) is 10.9. The molecule has 0 aromatic heterocycles. The molecule has 4 rings (SSSR count). The Bertz CT molecular complexity index is 1280. The lowest BCUT2D eigenvalue weighted by molar-refractivity contribution is 0.398. The van der Waals surface area contributed by atoms with E-state index in [0.29, 0.717) is 30.6 Å². The molecule has 35 heavy (non-hydrogen) atoms. The quantitative estimate of drug-likeness (QED) is 0.289. The summed E-state index contributed by atoms with van der Waals surface area (Å²) in [6.45, 7) is 0. The lowest BCUT2D eigenvalue weighted by atomic mass is 9.90. The summed E-state index contributed by atoms with van der Waals surface area (Å²) in [5.41, 5.74) is 5.64. The van der Waals surface area contributed by atoms with Crippen LogP contribution in [0.5, 0.6) is 28.7 Å². The van der Waals surface area contributed by atoms with Crippen molar-refractivity contribution < 1.29 is 24.8 Å². The molecule has 0 saturated carbocycles. The fourth-order valence-electron chi connectivity index (χ4n) is 4.30. The maximum absolute atomic E-state index is 11.5. The Morgan fingerprint density at radius 1 is 0.600 bits per heavy atom. The molecule has 3 N–H and O–H groups in total. The molecule has 0 aliphatic rings. The largest absolute Gasteiger partial charge is 0.508 e. The topological polar surface area (TPSA) is 79.2 Å². The monoisotopic (exact) mass is 470 g/mol. The summed E-state index contributed by atoms with van der Waals surface area (Å²) < 4.78 is 11.1. The van der Waals surface area contributed by atoms with Gasteiger partial charge in [0, 0.05) is 24.0 Å². The predicted molar refractivity (Wildman–Crippen MR) is 137 cm³/mol. The Balaban J connectivity index is 1.72. The number of ether oxygens (including phenoxy) is 2. The van der Waals surface area contributed by atoms with Crippen LogP contribution in [0.2, 0.25) is 0 Å². The lowest BCUT2D eigenvalue weighted by Crippen LogP contribution is -2.05. The van der Waals surface area contributed by atoms with E-state index < -0.39 is 0 Å². The molecule has 5 heteroatoms. The van der Waals surface area contributed by atoms with Gasteiger partial charge in [-0.3, -0.25) is 0 Å². The summed E-state index contributed by atoms with van der Waals surface area (Å²) >= 11 is 0. The molecule has 180 valence electrons. The number of rotatable bonds is 9. The van der Waals surface area contributed by atoms with Crippen LogP contribution in [0, 0.1) is 0 Å². The number of methoxy groups -OCH3 is 2. The standard InChI is InChI=1S/C30H30O5/c1-34-26-5-3-4-20(16-26)6-11-23-19-29(35-2)28(18-22-9-14-25(32)15-10-22)30(33)27(23)17-21-7-12-24(31)13-8-21/h3-5,7-10,12-16,19,31-33H,6,11,17-18H2,1-2H3. The summed E-state index contributed by atoms with van der Waals surface area (Å²) in [6.07, 6.45) is 2.48. The molecule has 0 aliphatic carbocycles. The van der Waals surface area contributed by atoms with Gasteiger partial charge in [0.15, 0.2) is 0 Å².